The van der Waals surface area contributed by atoms with E-state index in [1.54, 1.807) is 0 Å². The lowest BCUT2D eigenvalue weighted by Crippen LogP contribution is -2.56. The lowest BCUT2D eigenvalue weighted by atomic mass is 10.4. The molecule has 4 nitrogen and oxygen atoms in total. The molecule has 0 aliphatic rings. The molecular formula is C12H16O4Si3. The van der Waals surface area contributed by atoms with E-state index in [2.05, 4.69) is 0 Å². The van der Waals surface area contributed by atoms with Crippen LogP contribution in [0.5, 0.6) is 0 Å². The maximum absolute atomic E-state index is 9.74. The zero-order chi connectivity index (χ0) is 13.7. The summed E-state index contributed by atoms with van der Waals surface area (Å²) in [5, 5.41) is 1.99. The van der Waals surface area contributed by atoms with Gasteiger partial charge in [0.1, 0.15) is 10.5 Å². The first-order valence-electron chi connectivity index (χ1n) is 5.90. The van der Waals surface area contributed by atoms with Crippen molar-refractivity contribution in [1.82, 2.24) is 0 Å². The Balaban J connectivity index is 2.35. The first-order chi connectivity index (χ1) is 9.12. The van der Waals surface area contributed by atoms with Crippen molar-refractivity contribution in [3.05, 3.63) is 60.7 Å². The average molecular weight is 309 g/mol. The van der Waals surface area contributed by atoms with Crippen LogP contribution < -0.4 is 10.4 Å². The molecule has 0 saturated heterocycles. The predicted octanol–water partition coefficient (Wildman–Crippen LogP) is -1.74. The Kier molecular flexibility index (Phi) is 4.82. The number of hydrogen-bond donors (Lipinski definition) is 2. The summed E-state index contributed by atoms with van der Waals surface area (Å²) < 4.78 is 10.4. The Hall–Kier alpha value is -1.07. The molecule has 2 aromatic carbocycles. The fourth-order valence-corrected chi connectivity index (χ4v) is 6.88. The van der Waals surface area contributed by atoms with Gasteiger partial charge in [0.2, 0.25) is 9.04 Å². The van der Waals surface area contributed by atoms with Crippen LogP contribution in [0.4, 0.5) is 0 Å². The van der Waals surface area contributed by atoms with Gasteiger partial charge in [0.15, 0.2) is 0 Å². The van der Waals surface area contributed by atoms with E-state index in [0.717, 1.165) is 10.4 Å². The minimum Gasteiger partial charge on any atom is -0.404 e. The molecule has 19 heavy (non-hydrogen) atoms. The third-order valence-corrected chi connectivity index (χ3v) is 9.02. The van der Waals surface area contributed by atoms with Gasteiger partial charge in [-0.2, -0.15) is 0 Å². The molecule has 0 amide bonds. The van der Waals surface area contributed by atoms with Crippen LogP contribution in [-0.4, -0.2) is 38.2 Å². The maximum atomic E-state index is 9.74. The quantitative estimate of drug-likeness (QED) is 0.644. The third-order valence-electron chi connectivity index (χ3n) is 2.74. The number of benzene rings is 2. The van der Waals surface area contributed by atoms with Crippen molar-refractivity contribution in [2.75, 3.05) is 0 Å². The standard InChI is InChI=1S/C12H16O4Si3/c13-19(14,15-17)16-18(11-7-3-1-4-8-11)12-9-5-2-6-10-12/h1-10,13-14,18H,17H3. The van der Waals surface area contributed by atoms with Crippen molar-refractivity contribution in [2.45, 2.75) is 0 Å². The fourth-order valence-electron chi connectivity index (χ4n) is 1.79. The summed E-state index contributed by atoms with van der Waals surface area (Å²) in [5.74, 6) is 0. The molecular weight excluding hydrogens is 292 g/mol. The molecule has 2 aromatic rings. The first kappa shape index (κ1) is 14.3. The average Bonchev–Trinajstić information content (AvgIpc) is 2.47. The van der Waals surface area contributed by atoms with Crippen molar-refractivity contribution in [1.29, 1.82) is 0 Å². The molecule has 0 radical (unpaired) electrons. The smallest absolute Gasteiger partial charge is 0.404 e. The minimum atomic E-state index is -3.98. The van der Waals surface area contributed by atoms with Crippen molar-refractivity contribution in [3.63, 3.8) is 0 Å². The van der Waals surface area contributed by atoms with E-state index >= 15 is 0 Å². The largest absolute Gasteiger partial charge is 0.652 e. The van der Waals surface area contributed by atoms with E-state index in [-0.39, 0.29) is 10.5 Å². The van der Waals surface area contributed by atoms with Gasteiger partial charge in [-0.05, 0) is 10.4 Å². The molecule has 0 fully saturated rings. The van der Waals surface area contributed by atoms with Crippen LogP contribution in [0.25, 0.3) is 0 Å². The van der Waals surface area contributed by atoms with E-state index in [4.69, 9.17) is 8.23 Å². The Labute approximate surface area is 118 Å². The highest BCUT2D eigenvalue weighted by Gasteiger charge is 2.38. The van der Waals surface area contributed by atoms with Crippen LogP contribution in [0.1, 0.15) is 0 Å². The molecule has 0 aliphatic heterocycles. The van der Waals surface area contributed by atoms with Gasteiger partial charge >= 0.3 is 9.05 Å². The van der Waals surface area contributed by atoms with Crippen molar-refractivity contribution >= 4 is 38.9 Å². The summed E-state index contributed by atoms with van der Waals surface area (Å²) in [6.07, 6.45) is 0. The van der Waals surface area contributed by atoms with Gasteiger partial charge in [0.25, 0.3) is 0 Å². The van der Waals surface area contributed by atoms with Crippen LogP contribution in [0.15, 0.2) is 60.7 Å². The topological polar surface area (TPSA) is 58.9 Å². The molecule has 0 spiro atoms. The van der Waals surface area contributed by atoms with Gasteiger partial charge in [0.05, 0.1) is 0 Å². The van der Waals surface area contributed by atoms with E-state index < -0.39 is 18.1 Å². The summed E-state index contributed by atoms with van der Waals surface area (Å²) in [4.78, 5) is 19.5. The third kappa shape index (κ3) is 3.95. The Morgan fingerprint density at radius 2 is 1.26 bits per heavy atom. The highest BCUT2D eigenvalue weighted by atomic mass is 28.5. The van der Waals surface area contributed by atoms with E-state index in [1.807, 2.05) is 60.7 Å². The van der Waals surface area contributed by atoms with Gasteiger partial charge in [-0.15, -0.1) is 0 Å². The molecule has 0 unspecified atom stereocenters. The Morgan fingerprint density at radius 3 is 1.63 bits per heavy atom. The summed E-state index contributed by atoms with van der Waals surface area (Å²) in [5.41, 5.74) is 0. The van der Waals surface area contributed by atoms with Crippen molar-refractivity contribution < 1.29 is 17.8 Å². The second-order valence-electron chi connectivity index (χ2n) is 4.07. The minimum absolute atomic E-state index is 0.237. The summed E-state index contributed by atoms with van der Waals surface area (Å²) >= 11 is 0. The van der Waals surface area contributed by atoms with Gasteiger partial charge < -0.3 is 17.8 Å². The van der Waals surface area contributed by atoms with Crippen LogP contribution >= 0.6 is 0 Å². The molecule has 0 aliphatic carbocycles. The second kappa shape index (κ2) is 6.39. The number of hydrogen-bond acceptors (Lipinski definition) is 4. The van der Waals surface area contributed by atoms with Crippen molar-refractivity contribution in [2.24, 2.45) is 0 Å². The molecule has 0 heterocycles. The number of rotatable bonds is 5. The molecule has 0 saturated carbocycles. The maximum Gasteiger partial charge on any atom is 0.652 e. The zero-order valence-corrected chi connectivity index (χ0v) is 14.7. The molecule has 100 valence electrons. The van der Waals surface area contributed by atoms with Crippen LogP contribution in [0.3, 0.4) is 0 Å². The molecule has 0 atom stereocenters. The summed E-state index contributed by atoms with van der Waals surface area (Å²) in [6, 6.07) is 19.3. The van der Waals surface area contributed by atoms with Gasteiger partial charge in [-0.3, -0.25) is 0 Å². The Bertz CT molecular complexity index is 467. The Morgan fingerprint density at radius 1 is 0.842 bits per heavy atom. The van der Waals surface area contributed by atoms with Gasteiger partial charge in [-0.1, -0.05) is 60.7 Å². The highest BCUT2D eigenvalue weighted by molar-refractivity contribution is 6.85. The van der Waals surface area contributed by atoms with Crippen LogP contribution in [-0.2, 0) is 8.23 Å². The van der Waals surface area contributed by atoms with Crippen molar-refractivity contribution in [3.8, 4) is 0 Å². The monoisotopic (exact) mass is 308 g/mol. The lowest BCUT2D eigenvalue weighted by Gasteiger charge is -2.23. The predicted molar refractivity (Wildman–Crippen MR) is 81.6 cm³/mol. The molecule has 2 N–H and O–H groups in total. The fraction of sp³-hybridized carbons (Fsp3) is 0. The first-order valence-corrected chi connectivity index (χ1v) is 10.1. The van der Waals surface area contributed by atoms with E-state index in [1.165, 1.54) is 0 Å². The van der Waals surface area contributed by atoms with Gasteiger partial charge in [-0.25, -0.2) is 0 Å². The normalized spacial score (nSPS) is 11.9. The van der Waals surface area contributed by atoms with Gasteiger partial charge in [0, 0.05) is 0 Å². The lowest BCUT2D eigenvalue weighted by molar-refractivity contribution is 0.147. The molecule has 0 bridgehead atoms. The van der Waals surface area contributed by atoms with Crippen LogP contribution in [0.2, 0.25) is 0 Å². The highest BCUT2D eigenvalue weighted by Crippen LogP contribution is 2.02. The molecule has 0 aromatic heterocycles. The SMILES string of the molecule is O[Si](O)(O[SiH3])O[SiH](c1ccccc1)c1ccccc1. The van der Waals surface area contributed by atoms with Crippen LogP contribution in [0, 0.1) is 0 Å². The second-order valence-corrected chi connectivity index (χ2v) is 9.84. The van der Waals surface area contributed by atoms with E-state index in [0.29, 0.717) is 0 Å². The summed E-state index contributed by atoms with van der Waals surface area (Å²) in [6.45, 7) is 0. The zero-order valence-electron chi connectivity index (χ0n) is 10.6. The summed E-state index contributed by atoms with van der Waals surface area (Å²) in [7, 11) is -5.88. The molecule has 2 rings (SSSR count). The molecule has 7 heteroatoms. The van der Waals surface area contributed by atoms with E-state index in [9.17, 15) is 9.59 Å².